The van der Waals surface area contributed by atoms with Crippen LogP contribution in [0.25, 0.3) is 0 Å². The quantitative estimate of drug-likeness (QED) is 0.677. The Bertz CT molecular complexity index is 851. The maximum atomic E-state index is 13.0. The Kier molecular flexibility index (Phi) is 5.32. The van der Waals surface area contributed by atoms with E-state index in [4.69, 9.17) is 4.74 Å². The summed E-state index contributed by atoms with van der Waals surface area (Å²) in [7, 11) is 1.55. The van der Waals surface area contributed by atoms with Crippen LogP contribution in [0.3, 0.4) is 0 Å². The van der Waals surface area contributed by atoms with Crippen molar-refractivity contribution in [3.05, 3.63) is 46.4 Å². The van der Waals surface area contributed by atoms with Gasteiger partial charge in [-0.15, -0.1) is 0 Å². The third-order valence-electron chi connectivity index (χ3n) is 5.25. The van der Waals surface area contributed by atoms with Gasteiger partial charge in [-0.25, -0.2) is 4.98 Å². The Balaban J connectivity index is 1.88. The van der Waals surface area contributed by atoms with E-state index in [0.717, 1.165) is 5.56 Å². The lowest BCUT2D eigenvalue weighted by Gasteiger charge is -2.38. The molecule has 1 atom stereocenters. The van der Waals surface area contributed by atoms with Gasteiger partial charge in [0, 0.05) is 24.9 Å². The number of hydrogen-bond acceptors (Lipinski definition) is 5. The number of H-pyrrole nitrogens is 1. The number of aliphatic hydroxyl groups excluding tert-OH is 1. The number of amides is 1. The van der Waals surface area contributed by atoms with E-state index < -0.39 is 0 Å². The number of aryl methyl sites for hydroxylation is 1. The minimum atomic E-state index is -0.333. The molecule has 0 bridgehead atoms. The fraction of sp³-hybridized carbons (Fsp3) is 0.450. The normalized spacial score (nSPS) is 19.9. The minimum absolute atomic E-state index is 0.104. The second kappa shape index (κ2) is 7.52. The number of ether oxygens (including phenoxy) is 1. The molecule has 0 saturated heterocycles. The molecule has 2 heterocycles. The third-order valence-corrected chi connectivity index (χ3v) is 5.25. The molecule has 1 aliphatic rings. The van der Waals surface area contributed by atoms with Crippen LogP contribution in [0.4, 0.5) is 0 Å². The number of nitrogens with one attached hydrogen (secondary N) is 2. The van der Waals surface area contributed by atoms with Crippen LogP contribution in [-0.4, -0.2) is 40.0 Å². The van der Waals surface area contributed by atoms with Crippen molar-refractivity contribution >= 4 is 11.7 Å². The molecule has 0 aromatic carbocycles. The molecule has 7 heteroatoms. The number of Topliss-reactive ketones (excluding diaryl/α,β-unsaturated/α-hetero) is 1. The summed E-state index contributed by atoms with van der Waals surface area (Å²) in [6.07, 6.45) is 2.61. The number of methoxy groups -OCH3 is 1. The molecule has 3 rings (SSSR count). The predicted molar refractivity (Wildman–Crippen MR) is 100.0 cm³/mol. The molecule has 1 amide bonds. The average molecular weight is 371 g/mol. The number of hydrogen-bond donors (Lipinski definition) is 3. The largest absolute Gasteiger partial charge is 0.481 e. The number of pyridine rings is 1. The number of carbonyl (C=O) groups is 2. The molecule has 1 fully saturated rings. The van der Waals surface area contributed by atoms with E-state index in [0.29, 0.717) is 41.2 Å². The smallest absolute Gasteiger partial charge is 0.253 e. The summed E-state index contributed by atoms with van der Waals surface area (Å²) in [6.45, 7) is 5.03. The SMILES string of the molecule is COc1ccc(C(NC(=O)c2c(C)[nH]c(C(C)=O)c2C)C2CC(O)C2)cn1. The van der Waals surface area contributed by atoms with E-state index in [-0.39, 0.29) is 29.8 Å². The Morgan fingerprint density at radius 1 is 1.33 bits per heavy atom. The lowest BCUT2D eigenvalue weighted by Crippen LogP contribution is -2.41. The molecule has 144 valence electrons. The molecule has 3 N–H and O–H groups in total. The van der Waals surface area contributed by atoms with E-state index in [2.05, 4.69) is 15.3 Å². The second-order valence-corrected chi connectivity index (χ2v) is 7.15. The first-order chi connectivity index (χ1) is 12.8. The fourth-order valence-electron chi connectivity index (χ4n) is 3.73. The summed E-state index contributed by atoms with van der Waals surface area (Å²) in [5, 5.41) is 12.8. The van der Waals surface area contributed by atoms with Crippen molar-refractivity contribution in [2.45, 2.75) is 45.8 Å². The lowest BCUT2D eigenvalue weighted by atomic mass is 9.75. The molecule has 0 spiro atoms. The zero-order valence-electron chi connectivity index (χ0n) is 16.0. The number of carbonyl (C=O) groups excluding carboxylic acids is 2. The van der Waals surface area contributed by atoms with Crippen LogP contribution in [0.2, 0.25) is 0 Å². The van der Waals surface area contributed by atoms with Crippen LogP contribution < -0.4 is 10.1 Å². The Labute approximate surface area is 158 Å². The molecular formula is C20H25N3O4. The number of aromatic amines is 1. The lowest BCUT2D eigenvalue weighted by molar-refractivity contribution is 0.0234. The average Bonchev–Trinajstić information content (AvgIpc) is 2.92. The zero-order valence-corrected chi connectivity index (χ0v) is 16.0. The predicted octanol–water partition coefficient (Wildman–Crippen LogP) is 2.48. The molecule has 0 aliphatic heterocycles. The molecular weight excluding hydrogens is 346 g/mol. The van der Waals surface area contributed by atoms with Crippen LogP contribution in [0.15, 0.2) is 18.3 Å². The van der Waals surface area contributed by atoms with Crippen molar-refractivity contribution in [1.29, 1.82) is 0 Å². The van der Waals surface area contributed by atoms with Gasteiger partial charge in [-0.3, -0.25) is 9.59 Å². The first-order valence-corrected chi connectivity index (χ1v) is 9.00. The second-order valence-electron chi connectivity index (χ2n) is 7.15. The topological polar surface area (TPSA) is 104 Å². The summed E-state index contributed by atoms with van der Waals surface area (Å²) in [5.74, 6) is 0.287. The van der Waals surface area contributed by atoms with Gasteiger partial charge in [0.2, 0.25) is 5.88 Å². The Morgan fingerprint density at radius 3 is 2.52 bits per heavy atom. The van der Waals surface area contributed by atoms with Gasteiger partial charge in [-0.1, -0.05) is 6.07 Å². The Morgan fingerprint density at radius 2 is 2.04 bits per heavy atom. The van der Waals surface area contributed by atoms with Crippen LogP contribution >= 0.6 is 0 Å². The first kappa shape index (κ1) is 19.1. The van der Waals surface area contributed by atoms with Gasteiger partial charge in [0.1, 0.15) is 0 Å². The highest BCUT2D eigenvalue weighted by atomic mass is 16.5. The number of aliphatic hydroxyl groups is 1. The van der Waals surface area contributed by atoms with Crippen molar-refractivity contribution in [3.63, 3.8) is 0 Å². The molecule has 7 nitrogen and oxygen atoms in total. The van der Waals surface area contributed by atoms with Gasteiger partial charge in [0.25, 0.3) is 5.91 Å². The van der Waals surface area contributed by atoms with Gasteiger partial charge < -0.3 is 20.1 Å². The maximum Gasteiger partial charge on any atom is 0.253 e. The summed E-state index contributed by atoms with van der Waals surface area (Å²) in [6, 6.07) is 3.36. The van der Waals surface area contributed by atoms with Gasteiger partial charge in [-0.05, 0) is 43.7 Å². The highest BCUT2D eigenvalue weighted by molar-refractivity contribution is 6.02. The van der Waals surface area contributed by atoms with Crippen LogP contribution in [0.1, 0.15) is 63.5 Å². The van der Waals surface area contributed by atoms with Crippen molar-refractivity contribution in [1.82, 2.24) is 15.3 Å². The summed E-state index contributed by atoms with van der Waals surface area (Å²) in [5.41, 5.74) is 3.12. The monoisotopic (exact) mass is 371 g/mol. The molecule has 1 aliphatic carbocycles. The molecule has 1 saturated carbocycles. The van der Waals surface area contributed by atoms with Crippen molar-refractivity contribution in [3.8, 4) is 5.88 Å². The van der Waals surface area contributed by atoms with Crippen LogP contribution in [0, 0.1) is 19.8 Å². The van der Waals surface area contributed by atoms with E-state index >= 15 is 0 Å². The number of rotatable bonds is 6. The fourth-order valence-corrected chi connectivity index (χ4v) is 3.73. The van der Waals surface area contributed by atoms with E-state index in [1.54, 1.807) is 33.2 Å². The number of aromatic nitrogens is 2. The Hall–Kier alpha value is -2.67. The molecule has 0 radical (unpaired) electrons. The number of nitrogens with zero attached hydrogens (tertiary/aromatic N) is 1. The van der Waals surface area contributed by atoms with E-state index in [9.17, 15) is 14.7 Å². The maximum absolute atomic E-state index is 13.0. The van der Waals surface area contributed by atoms with Crippen LogP contribution in [-0.2, 0) is 0 Å². The van der Waals surface area contributed by atoms with E-state index in [1.807, 2.05) is 6.07 Å². The molecule has 2 aromatic rings. The van der Waals surface area contributed by atoms with Crippen molar-refractivity contribution < 1.29 is 19.4 Å². The highest BCUT2D eigenvalue weighted by Crippen LogP contribution is 2.38. The van der Waals surface area contributed by atoms with E-state index in [1.165, 1.54) is 6.92 Å². The standard InChI is InChI=1S/C20H25N3O4/c1-10-17(11(2)22-18(10)12(3)24)20(26)23-19(14-7-15(25)8-14)13-5-6-16(27-4)21-9-13/h5-6,9,14-15,19,22,25H,7-8H2,1-4H3,(H,23,26). The van der Waals surface area contributed by atoms with Crippen molar-refractivity contribution in [2.24, 2.45) is 5.92 Å². The number of ketones is 1. The van der Waals surface area contributed by atoms with Gasteiger partial charge in [0.15, 0.2) is 5.78 Å². The summed E-state index contributed by atoms with van der Waals surface area (Å²) < 4.78 is 5.10. The molecule has 2 aromatic heterocycles. The van der Waals surface area contributed by atoms with Gasteiger partial charge in [-0.2, -0.15) is 0 Å². The zero-order chi connectivity index (χ0) is 19.7. The third kappa shape index (κ3) is 3.73. The molecule has 1 unspecified atom stereocenters. The first-order valence-electron chi connectivity index (χ1n) is 9.00. The van der Waals surface area contributed by atoms with Crippen molar-refractivity contribution in [2.75, 3.05) is 7.11 Å². The van der Waals surface area contributed by atoms with Gasteiger partial charge in [0.05, 0.1) is 30.5 Å². The van der Waals surface area contributed by atoms with Gasteiger partial charge >= 0.3 is 0 Å². The summed E-state index contributed by atoms with van der Waals surface area (Å²) in [4.78, 5) is 32.0. The van der Waals surface area contributed by atoms with Crippen LogP contribution in [0.5, 0.6) is 5.88 Å². The molecule has 27 heavy (non-hydrogen) atoms. The minimum Gasteiger partial charge on any atom is -0.481 e. The summed E-state index contributed by atoms with van der Waals surface area (Å²) >= 11 is 0. The highest BCUT2D eigenvalue weighted by Gasteiger charge is 2.36.